The second-order valence-corrected chi connectivity index (χ2v) is 6.61. The molecule has 0 aliphatic carbocycles. The number of aromatic nitrogens is 1. The Bertz CT molecular complexity index is 720. The summed E-state index contributed by atoms with van der Waals surface area (Å²) in [6, 6.07) is 9.16. The lowest BCUT2D eigenvalue weighted by atomic mass is 10.2. The highest BCUT2D eigenvalue weighted by molar-refractivity contribution is 7.89. The van der Waals surface area contributed by atoms with Gasteiger partial charge in [-0.15, -0.1) is 0 Å². The van der Waals surface area contributed by atoms with E-state index in [1.165, 1.54) is 12.1 Å². The minimum Gasteiger partial charge on any atom is -0.392 e. The molecule has 0 spiro atoms. The van der Waals surface area contributed by atoms with Crippen LogP contribution in [0.5, 0.6) is 0 Å². The van der Waals surface area contributed by atoms with E-state index in [2.05, 4.69) is 9.71 Å². The number of nitrogens with one attached hydrogen (secondary N) is 1. The van der Waals surface area contributed by atoms with Gasteiger partial charge in [0, 0.05) is 6.20 Å². The summed E-state index contributed by atoms with van der Waals surface area (Å²) >= 11 is 5.95. The second-order valence-electron chi connectivity index (χ2n) is 4.52. The Balaban J connectivity index is 2.30. The molecule has 2 rings (SSSR count). The molecule has 112 valence electrons. The van der Waals surface area contributed by atoms with E-state index in [1.54, 1.807) is 37.4 Å². The van der Waals surface area contributed by atoms with Gasteiger partial charge in [-0.3, -0.25) is 4.98 Å². The molecule has 1 unspecified atom stereocenters. The maximum absolute atomic E-state index is 12.4. The molecular weight excluding hydrogens is 312 g/mol. The summed E-state index contributed by atoms with van der Waals surface area (Å²) < 4.78 is 27.3. The molecule has 2 aromatic rings. The zero-order chi connectivity index (χ0) is 15.5. The summed E-state index contributed by atoms with van der Waals surface area (Å²) in [6.45, 7) is 1.44. The molecule has 5 nitrogen and oxygen atoms in total. The highest BCUT2D eigenvalue weighted by atomic mass is 35.5. The fourth-order valence-electron chi connectivity index (χ4n) is 1.84. The molecule has 2 N–H and O–H groups in total. The number of halogens is 1. The van der Waals surface area contributed by atoms with Crippen molar-refractivity contribution in [1.29, 1.82) is 0 Å². The van der Waals surface area contributed by atoms with E-state index in [0.717, 1.165) is 0 Å². The van der Waals surface area contributed by atoms with E-state index >= 15 is 0 Å². The molecular formula is C14H15ClN2O3S. The number of benzene rings is 1. The number of hydrogen-bond donors (Lipinski definition) is 2. The molecule has 7 heteroatoms. The lowest BCUT2D eigenvalue weighted by Gasteiger charge is -2.15. The molecule has 1 atom stereocenters. The van der Waals surface area contributed by atoms with Crippen molar-refractivity contribution in [2.45, 2.75) is 24.5 Å². The van der Waals surface area contributed by atoms with Gasteiger partial charge in [0.15, 0.2) is 0 Å². The molecule has 1 heterocycles. The number of nitrogens with zero attached hydrogens (tertiary/aromatic N) is 1. The number of rotatable bonds is 5. The van der Waals surface area contributed by atoms with Crippen LogP contribution < -0.4 is 4.72 Å². The highest BCUT2D eigenvalue weighted by Gasteiger charge is 2.22. The third-order valence-corrected chi connectivity index (χ3v) is 4.95. The minimum absolute atomic E-state index is 0.0569. The molecule has 1 aromatic carbocycles. The van der Waals surface area contributed by atoms with Gasteiger partial charge in [-0.2, -0.15) is 0 Å². The maximum atomic E-state index is 12.4. The molecule has 0 saturated carbocycles. The Morgan fingerprint density at radius 3 is 2.71 bits per heavy atom. The van der Waals surface area contributed by atoms with Crippen LogP contribution >= 0.6 is 11.6 Å². The van der Waals surface area contributed by atoms with Crippen molar-refractivity contribution in [1.82, 2.24) is 9.71 Å². The number of aliphatic hydroxyl groups excluding tert-OH is 1. The van der Waals surface area contributed by atoms with Gasteiger partial charge >= 0.3 is 0 Å². The smallest absolute Gasteiger partial charge is 0.242 e. The van der Waals surface area contributed by atoms with Crippen molar-refractivity contribution >= 4 is 21.6 Å². The number of pyridine rings is 1. The zero-order valence-electron chi connectivity index (χ0n) is 11.3. The first-order chi connectivity index (χ1) is 9.94. The second kappa shape index (κ2) is 6.53. The molecule has 0 saturated heterocycles. The van der Waals surface area contributed by atoms with E-state index < -0.39 is 16.1 Å². The van der Waals surface area contributed by atoms with Gasteiger partial charge in [-0.1, -0.05) is 23.7 Å². The first kappa shape index (κ1) is 15.9. The van der Waals surface area contributed by atoms with Crippen LogP contribution in [0.15, 0.2) is 47.5 Å². The Morgan fingerprint density at radius 2 is 2.10 bits per heavy atom. The quantitative estimate of drug-likeness (QED) is 0.883. The lowest BCUT2D eigenvalue weighted by Crippen LogP contribution is -2.27. The van der Waals surface area contributed by atoms with Crippen molar-refractivity contribution in [2.24, 2.45) is 0 Å². The van der Waals surface area contributed by atoms with Gasteiger partial charge in [-0.05, 0) is 36.8 Å². The van der Waals surface area contributed by atoms with Crippen molar-refractivity contribution < 1.29 is 13.5 Å². The summed E-state index contributed by atoms with van der Waals surface area (Å²) in [5, 5.41) is 9.21. The Kier molecular flexibility index (Phi) is 4.95. The molecule has 1 aromatic heterocycles. The minimum atomic E-state index is -3.80. The lowest BCUT2D eigenvalue weighted by molar-refractivity contribution is 0.281. The summed E-state index contributed by atoms with van der Waals surface area (Å²) in [7, 11) is -3.80. The Hall–Kier alpha value is -1.47. The monoisotopic (exact) mass is 326 g/mol. The van der Waals surface area contributed by atoms with Gasteiger partial charge < -0.3 is 5.11 Å². The summed E-state index contributed by atoms with van der Waals surface area (Å²) in [5.74, 6) is 0. The van der Waals surface area contributed by atoms with Crippen LogP contribution in [0.2, 0.25) is 5.02 Å². The highest BCUT2D eigenvalue weighted by Crippen LogP contribution is 2.24. The van der Waals surface area contributed by atoms with Crippen LogP contribution in [0, 0.1) is 0 Å². The van der Waals surface area contributed by atoms with E-state index in [9.17, 15) is 8.42 Å². The third kappa shape index (κ3) is 3.79. The molecule has 21 heavy (non-hydrogen) atoms. The predicted octanol–water partition coefficient (Wildman–Crippen LogP) is 2.27. The number of aliphatic hydroxyl groups is 1. The normalized spacial score (nSPS) is 13.1. The first-order valence-electron chi connectivity index (χ1n) is 6.26. The summed E-state index contributed by atoms with van der Waals surface area (Å²) in [4.78, 5) is 4.06. The van der Waals surface area contributed by atoms with Gasteiger partial charge in [0.1, 0.15) is 4.90 Å². The molecule has 0 fully saturated rings. The van der Waals surface area contributed by atoms with Gasteiger partial charge in [-0.25, -0.2) is 13.1 Å². The maximum Gasteiger partial charge on any atom is 0.242 e. The van der Waals surface area contributed by atoms with Crippen molar-refractivity contribution in [3.63, 3.8) is 0 Å². The fraction of sp³-hybridized carbons (Fsp3) is 0.214. The molecule has 0 bridgehead atoms. The topological polar surface area (TPSA) is 79.3 Å². The standard InChI is InChI=1S/C14H15ClN2O3S/c1-10(13-4-2-3-7-16-13)17-21(19,20)14-8-11(9-18)5-6-12(14)15/h2-8,10,17-18H,9H2,1H3. The van der Waals surface area contributed by atoms with E-state index in [1.807, 2.05) is 0 Å². The van der Waals surface area contributed by atoms with Gasteiger partial charge in [0.05, 0.1) is 23.4 Å². The van der Waals surface area contributed by atoms with Gasteiger partial charge in [0.2, 0.25) is 10.0 Å². The summed E-state index contributed by atoms with van der Waals surface area (Å²) in [6.07, 6.45) is 1.60. The Labute approximate surface area is 128 Å². The summed E-state index contributed by atoms with van der Waals surface area (Å²) in [5.41, 5.74) is 1.08. The average Bonchev–Trinajstić information content (AvgIpc) is 2.48. The van der Waals surface area contributed by atoms with Crippen LogP contribution in [0.1, 0.15) is 24.2 Å². The SMILES string of the molecule is CC(NS(=O)(=O)c1cc(CO)ccc1Cl)c1ccccn1. The van der Waals surface area contributed by atoms with Crippen molar-refractivity contribution in [3.05, 3.63) is 58.9 Å². The van der Waals surface area contributed by atoms with Crippen molar-refractivity contribution in [3.8, 4) is 0 Å². The number of hydrogen-bond acceptors (Lipinski definition) is 4. The molecule has 0 radical (unpaired) electrons. The molecule has 0 amide bonds. The predicted molar refractivity (Wildman–Crippen MR) is 80.3 cm³/mol. The molecule has 0 aliphatic rings. The average molecular weight is 327 g/mol. The molecule has 0 aliphatic heterocycles. The van der Waals surface area contributed by atoms with Gasteiger partial charge in [0.25, 0.3) is 0 Å². The van der Waals surface area contributed by atoms with Crippen LogP contribution in [0.4, 0.5) is 0 Å². The van der Waals surface area contributed by atoms with Crippen LogP contribution in [-0.4, -0.2) is 18.5 Å². The van der Waals surface area contributed by atoms with Crippen LogP contribution in [0.3, 0.4) is 0 Å². The number of sulfonamides is 1. The zero-order valence-corrected chi connectivity index (χ0v) is 12.9. The first-order valence-corrected chi connectivity index (χ1v) is 8.12. The largest absolute Gasteiger partial charge is 0.392 e. The van der Waals surface area contributed by atoms with E-state index in [4.69, 9.17) is 16.7 Å². The van der Waals surface area contributed by atoms with Crippen molar-refractivity contribution in [2.75, 3.05) is 0 Å². The van der Waals surface area contributed by atoms with E-state index in [-0.39, 0.29) is 16.5 Å². The Morgan fingerprint density at radius 1 is 1.33 bits per heavy atom. The van der Waals surface area contributed by atoms with Crippen LogP contribution in [-0.2, 0) is 16.6 Å². The van der Waals surface area contributed by atoms with E-state index in [0.29, 0.717) is 11.3 Å². The third-order valence-electron chi connectivity index (χ3n) is 2.93. The fourth-order valence-corrected chi connectivity index (χ4v) is 3.61. The van der Waals surface area contributed by atoms with Crippen LogP contribution in [0.25, 0.3) is 0 Å².